The molecule has 1 N–H and O–H groups in total. The molecule has 0 amide bonds. The molecular formula is C12H18BrNO2S. The van der Waals surface area contributed by atoms with Gasteiger partial charge in [0.1, 0.15) is 0 Å². The fourth-order valence-electron chi connectivity index (χ4n) is 1.52. The molecule has 0 saturated carbocycles. The molecule has 3 nitrogen and oxygen atoms in total. The van der Waals surface area contributed by atoms with Crippen LogP contribution in [0.3, 0.4) is 0 Å². The summed E-state index contributed by atoms with van der Waals surface area (Å²) in [6.07, 6.45) is 0.680. The minimum Gasteiger partial charge on any atom is -0.384 e. The van der Waals surface area contributed by atoms with Crippen LogP contribution in [0.2, 0.25) is 0 Å². The first-order valence-electron chi connectivity index (χ1n) is 5.65. The number of nitrogens with one attached hydrogen (secondary N) is 1. The molecule has 0 fully saturated rings. The lowest BCUT2D eigenvalue weighted by atomic mass is 10.2. The number of hydrogen-bond donors (Lipinski definition) is 1. The number of sulfone groups is 1. The third-order valence-electron chi connectivity index (χ3n) is 2.42. The van der Waals surface area contributed by atoms with E-state index in [4.69, 9.17) is 0 Å². The molecule has 0 radical (unpaired) electrons. The number of benzene rings is 1. The summed E-state index contributed by atoms with van der Waals surface area (Å²) in [5.74, 6) is 0.462. The number of hydrogen-bond acceptors (Lipinski definition) is 3. The maximum atomic E-state index is 11.5. The van der Waals surface area contributed by atoms with Crippen LogP contribution in [0.1, 0.15) is 18.9 Å². The molecule has 0 heterocycles. The van der Waals surface area contributed by atoms with Crippen molar-refractivity contribution in [2.45, 2.75) is 20.3 Å². The van der Waals surface area contributed by atoms with Crippen LogP contribution in [0.25, 0.3) is 0 Å². The predicted octanol–water partition coefficient (Wildman–Crippen LogP) is 2.99. The van der Waals surface area contributed by atoms with Crippen molar-refractivity contribution in [3.05, 3.63) is 28.2 Å². The summed E-state index contributed by atoms with van der Waals surface area (Å²) in [5.41, 5.74) is 2.09. The van der Waals surface area contributed by atoms with Crippen molar-refractivity contribution in [2.24, 2.45) is 0 Å². The van der Waals surface area contributed by atoms with Crippen LogP contribution in [-0.2, 0) is 9.84 Å². The van der Waals surface area contributed by atoms with E-state index in [1.807, 2.05) is 32.0 Å². The predicted molar refractivity (Wildman–Crippen MR) is 76.3 cm³/mol. The zero-order valence-corrected chi connectivity index (χ0v) is 12.6. The van der Waals surface area contributed by atoms with E-state index in [-0.39, 0.29) is 11.5 Å². The average molecular weight is 320 g/mol. The van der Waals surface area contributed by atoms with Gasteiger partial charge in [0.05, 0.1) is 5.75 Å². The summed E-state index contributed by atoms with van der Waals surface area (Å²) in [6.45, 7) is 4.34. The molecule has 0 aliphatic rings. The minimum absolute atomic E-state index is 0.190. The van der Waals surface area contributed by atoms with Gasteiger partial charge in [-0.25, -0.2) is 8.42 Å². The number of anilines is 1. The summed E-state index contributed by atoms with van der Waals surface area (Å²) in [7, 11) is -2.89. The Morgan fingerprint density at radius 1 is 1.29 bits per heavy atom. The molecule has 0 aliphatic carbocycles. The summed E-state index contributed by atoms with van der Waals surface area (Å²) in [5, 5.41) is 3.13. The fourth-order valence-corrected chi connectivity index (χ4v) is 3.00. The second kappa shape index (κ2) is 6.40. The molecule has 0 aromatic heterocycles. The van der Waals surface area contributed by atoms with Crippen LogP contribution < -0.4 is 5.32 Å². The SMILES string of the molecule is CCCS(=O)(=O)CCNc1ccc(Br)c(C)c1. The average Bonchev–Trinajstić information content (AvgIpc) is 2.23. The van der Waals surface area contributed by atoms with Gasteiger partial charge in [-0.3, -0.25) is 0 Å². The third kappa shape index (κ3) is 5.08. The third-order valence-corrected chi connectivity index (χ3v) is 5.16. The fraction of sp³-hybridized carbons (Fsp3) is 0.500. The highest BCUT2D eigenvalue weighted by Gasteiger charge is 2.08. The van der Waals surface area contributed by atoms with E-state index in [1.165, 1.54) is 0 Å². The first-order valence-corrected chi connectivity index (χ1v) is 8.26. The van der Waals surface area contributed by atoms with Gasteiger partial charge in [-0.1, -0.05) is 22.9 Å². The van der Waals surface area contributed by atoms with Crippen LogP contribution in [0.4, 0.5) is 5.69 Å². The van der Waals surface area contributed by atoms with E-state index in [1.54, 1.807) is 0 Å². The molecule has 5 heteroatoms. The Labute approximate surface area is 112 Å². The first-order chi connectivity index (χ1) is 7.94. The Balaban J connectivity index is 2.49. The molecule has 1 aromatic rings. The van der Waals surface area contributed by atoms with Crippen molar-refractivity contribution < 1.29 is 8.42 Å². The standard InChI is InChI=1S/C12H18BrNO2S/c1-3-7-17(15,16)8-6-14-11-4-5-12(13)10(2)9-11/h4-5,9,14H,3,6-8H2,1-2H3. The van der Waals surface area contributed by atoms with Crippen molar-refractivity contribution in [1.82, 2.24) is 0 Å². The van der Waals surface area contributed by atoms with Crippen LogP contribution >= 0.6 is 15.9 Å². The Hall–Kier alpha value is -0.550. The minimum atomic E-state index is -2.89. The maximum Gasteiger partial charge on any atom is 0.152 e. The van der Waals surface area contributed by atoms with Gasteiger partial charge in [0.2, 0.25) is 0 Å². The summed E-state index contributed by atoms with van der Waals surface area (Å²) >= 11 is 3.43. The van der Waals surface area contributed by atoms with E-state index < -0.39 is 9.84 Å². The molecule has 0 spiro atoms. The number of halogens is 1. The molecule has 0 aliphatic heterocycles. The highest BCUT2D eigenvalue weighted by Crippen LogP contribution is 2.19. The van der Waals surface area contributed by atoms with Crippen LogP contribution in [0, 0.1) is 6.92 Å². The lowest BCUT2D eigenvalue weighted by Gasteiger charge is -2.08. The molecular weight excluding hydrogens is 302 g/mol. The monoisotopic (exact) mass is 319 g/mol. The van der Waals surface area contributed by atoms with Crippen molar-refractivity contribution in [3.63, 3.8) is 0 Å². The summed E-state index contributed by atoms with van der Waals surface area (Å²) in [6, 6.07) is 5.89. The van der Waals surface area contributed by atoms with Crippen LogP contribution in [0.5, 0.6) is 0 Å². The van der Waals surface area contributed by atoms with Crippen molar-refractivity contribution in [3.8, 4) is 0 Å². The van der Waals surface area contributed by atoms with Crippen molar-refractivity contribution in [1.29, 1.82) is 0 Å². The molecule has 0 unspecified atom stereocenters. The molecule has 1 rings (SSSR count). The van der Waals surface area contributed by atoms with Crippen LogP contribution in [-0.4, -0.2) is 26.5 Å². The smallest absolute Gasteiger partial charge is 0.152 e. The van der Waals surface area contributed by atoms with Gasteiger partial charge >= 0.3 is 0 Å². The molecule has 1 aromatic carbocycles. The lowest BCUT2D eigenvalue weighted by molar-refractivity contribution is 0.595. The highest BCUT2D eigenvalue weighted by atomic mass is 79.9. The second-order valence-corrected chi connectivity index (χ2v) is 7.20. The topological polar surface area (TPSA) is 46.2 Å². The normalized spacial score (nSPS) is 11.5. The maximum absolute atomic E-state index is 11.5. The van der Waals surface area contributed by atoms with Gasteiger partial charge in [0.25, 0.3) is 0 Å². The Bertz CT molecular complexity index is 471. The zero-order chi connectivity index (χ0) is 12.9. The lowest BCUT2D eigenvalue weighted by Crippen LogP contribution is -2.18. The van der Waals surface area contributed by atoms with Gasteiger partial charge in [-0.15, -0.1) is 0 Å². The van der Waals surface area contributed by atoms with Crippen molar-refractivity contribution in [2.75, 3.05) is 23.4 Å². The van der Waals surface area contributed by atoms with Crippen LogP contribution in [0.15, 0.2) is 22.7 Å². The number of aryl methyl sites for hydroxylation is 1. The van der Waals surface area contributed by atoms with Gasteiger partial charge in [0, 0.05) is 22.5 Å². The van der Waals surface area contributed by atoms with Gasteiger partial charge in [-0.2, -0.15) is 0 Å². The summed E-state index contributed by atoms with van der Waals surface area (Å²) in [4.78, 5) is 0. The van der Waals surface area contributed by atoms with E-state index >= 15 is 0 Å². The van der Waals surface area contributed by atoms with Gasteiger partial charge < -0.3 is 5.32 Å². The van der Waals surface area contributed by atoms with E-state index in [0.717, 1.165) is 15.7 Å². The largest absolute Gasteiger partial charge is 0.384 e. The van der Waals surface area contributed by atoms with Gasteiger partial charge in [0.15, 0.2) is 9.84 Å². The Morgan fingerprint density at radius 2 is 2.00 bits per heavy atom. The molecule has 0 bridgehead atoms. The molecule has 17 heavy (non-hydrogen) atoms. The molecule has 96 valence electrons. The van der Waals surface area contributed by atoms with E-state index in [0.29, 0.717) is 13.0 Å². The second-order valence-electron chi connectivity index (χ2n) is 4.04. The Kier molecular flexibility index (Phi) is 5.46. The van der Waals surface area contributed by atoms with Gasteiger partial charge in [-0.05, 0) is 37.1 Å². The Morgan fingerprint density at radius 3 is 2.59 bits per heavy atom. The van der Waals surface area contributed by atoms with Crippen molar-refractivity contribution >= 4 is 31.5 Å². The zero-order valence-electron chi connectivity index (χ0n) is 10.2. The summed E-state index contributed by atoms with van der Waals surface area (Å²) < 4.78 is 24.0. The quantitative estimate of drug-likeness (QED) is 0.876. The molecule has 0 saturated heterocycles. The number of rotatable bonds is 6. The molecule has 0 atom stereocenters. The van der Waals surface area contributed by atoms with E-state index in [9.17, 15) is 8.42 Å². The van der Waals surface area contributed by atoms with E-state index in [2.05, 4.69) is 21.2 Å². The first kappa shape index (κ1) is 14.5. The highest BCUT2D eigenvalue weighted by molar-refractivity contribution is 9.10.